The van der Waals surface area contributed by atoms with Gasteiger partial charge in [0.1, 0.15) is 6.04 Å². The Bertz CT molecular complexity index is 1020. The van der Waals surface area contributed by atoms with Crippen molar-refractivity contribution in [2.75, 3.05) is 57.3 Å². The standard InChI is InChI=1S/C25H32Cl2F2N4O3/c26-18-2-1-17(13-19(18)27)31-9-4-22(35)33(12-11-31)20(23(36)32-15-25(28,29)16-32)3-8-30-10-7-24(5-6-24)21(34)14-30/h1-2,13,20-21,34H,3-12,14-16H2/t20-,21?/m0/s1. The molecule has 1 spiro atoms. The van der Waals surface area contributed by atoms with E-state index in [2.05, 4.69) is 4.90 Å². The van der Waals surface area contributed by atoms with E-state index in [0.29, 0.717) is 49.2 Å². The van der Waals surface area contributed by atoms with E-state index in [-0.39, 0.29) is 23.8 Å². The van der Waals surface area contributed by atoms with Crippen LogP contribution in [0.2, 0.25) is 10.0 Å². The molecule has 3 saturated heterocycles. The fourth-order valence-electron chi connectivity index (χ4n) is 5.73. The Morgan fingerprint density at radius 2 is 1.83 bits per heavy atom. The molecule has 1 unspecified atom stereocenters. The van der Waals surface area contributed by atoms with Crippen molar-refractivity contribution < 1.29 is 23.5 Å². The van der Waals surface area contributed by atoms with Crippen LogP contribution < -0.4 is 4.90 Å². The second kappa shape index (κ2) is 9.89. The van der Waals surface area contributed by atoms with Crippen molar-refractivity contribution in [3.8, 4) is 0 Å². The Kier molecular flexibility index (Phi) is 7.13. The lowest BCUT2D eigenvalue weighted by Gasteiger charge is -2.43. The van der Waals surface area contributed by atoms with Crippen LogP contribution in [0.3, 0.4) is 0 Å². The number of alkyl halides is 2. The summed E-state index contributed by atoms with van der Waals surface area (Å²) in [4.78, 5) is 33.4. The van der Waals surface area contributed by atoms with Gasteiger partial charge in [-0.25, -0.2) is 8.78 Å². The van der Waals surface area contributed by atoms with Crippen molar-refractivity contribution in [3.05, 3.63) is 28.2 Å². The van der Waals surface area contributed by atoms with Crippen molar-refractivity contribution >= 4 is 40.7 Å². The summed E-state index contributed by atoms with van der Waals surface area (Å²) in [6.07, 6.45) is 3.21. The minimum atomic E-state index is -2.87. The number of β-amino-alcohol motifs (C(OH)–C–C–N with tert-alkyl or cyclic N) is 1. The van der Waals surface area contributed by atoms with Gasteiger partial charge in [0.15, 0.2) is 0 Å². The summed E-state index contributed by atoms with van der Waals surface area (Å²) in [6.45, 7) is 1.92. The highest BCUT2D eigenvalue weighted by Gasteiger charge is 2.52. The molecule has 3 aliphatic heterocycles. The van der Waals surface area contributed by atoms with Crippen LogP contribution in [-0.4, -0.2) is 102 Å². The van der Waals surface area contributed by atoms with Crippen molar-refractivity contribution in [2.45, 2.75) is 50.2 Å². The number of amides is 2. The maximum absolute atomic E-state index is 13.6. The number of hydrogen-bond donors (Lipinski definition) is 1. The number of aliphatic hydroxyl groups excluding tert-OH is 1. The summed E-state index contributed by atoms with van der Waals surface area (Å²) in [7, 11) is 0. The van der Waals surface area contributed by atoms with Gasteiger partial charge in [-0.1, -0.05) is 23.2 Å². The number of carbonyl (C=O) groups is 2. The first-order valence-electron chi connectivity index (χ1n) is 12.6. The van der Waals surface area contributed by atoms with Crippen LogP contribution in [0.1, 0.15) is 32.1 Å². The van der Waals surface area contributed by atoms with Gasteiger partial charge in [0.25, 0.3) is 5.92 Å². The summed E-state index contributed by atoms with van der Waals surface area (Å²) >= 11 is 12.2. The summed E-state index contributed by atoms with van der Waals surface area (Å²) in [5, 5.41) is 11.4. The molecule has 1 aromatic rings. The van der Waals surface area contributed by atoms with Gasteiger partial charge in [-0.3, -0.25) is 9.59 Å². The van der Waals surface area contributed by atoms with Gasteiger partial charge in [-0.15, -0.1) is 0 Å². The smallest absolute Gasteiger partial charge is 0.282 e. The van der Waals surface area contributed by atoms with E-state index in [1.807, 2.05) is 11.0 Å². The number of likely N-dealkylation sites (tertiary alicyclic amines) is 2. The number of anilines is 1. The van der Waals surface area contributed by atoms with Crippen LogP contribution >= 0.6 is 23.2 Å². The number of aliphatic hydroxyl groups is 1. The summed E-state index contributed by atoms with van der Waals surface area (Å²) in [5.41, 5.74) is 0.907. The van der Waals surface area contributed by atoms with Gasteiger partial charge in [-0.2, -0.15) is 0 Å². The Morgan fingerprint density at radius 3 is 2.47 bits per heavy atom. The molecule has 3 heterocycles. The molecule has 2 amide bonds. The molecule has 11 heteroatoms. The second-order valence-corrected chi connectivity index (χ2v) is 11.5. The van der Waals surface area contributed by atoms with Crippen molar-refractivity contribution in [1.29, 1.82) is 0 Å². The molecule has 4 aliphatic rings. The first-order chi connectivity index (χ1) is 17.1. The van der Waals surface area contributed by atoms with Crippen LogP contribution in [0.5, 0.6) is 0 Å². The van der Waals surface area contributed by atoms with E-state index in [1.54, 1.807) is 17.0 Å². The highest BCUT2D eigenvalue weighted by molar-refractivity contribution is 6.42. The SMILES string of the molecule is O=C([C@H](CCN1CCC2(CC2)C(O)C1)N1CCN(c2ccc(Cl)c(Cl)c2)CCC1=O)N1CC(F)(F)C1. The van der Waals surface area contributed by atoms with E-state index in [0.717, 1.165) is 36.4 Å². The van der Waals surface area contributed by atoms with Crippen LogP contribution in [-0.2, 0) is 9.59 Å². The summed E-state index contributed by atoms with van der Waals surface area (Å²) < 4.78 is 27.1. The number of benzene rings is 1. The van der Waals surface area contributed by atoms with Crippen LogP contribution in [0, 0.1) is 5.41 Å². The third kappa shape index (κ3) is 5.30. The molecule has 4 fully saturated rings. The number of rotatable bonds is 6. The largest absolute Gasteiger partial charge is 0.391 e. The molecule has 198 valence electrons. The Balaban J connectivity index is 1.28. The molecular formula is C25H32Cl2F2N4O3. The van der Waals surface area contributed by atoms with Crippen molar-refractivity contribution in [1.82, 2.24) is 14.7 Å². The maximum atomic E-state index is 13.6. The molecule has 1 N–H and O–H groups in total. The third-order valence-corrected chi connectivity index (χ3v) is 9.03. The average Bonchev–Trinajstić information content (AvgIpc) is 3.62. The number of hydrogen-bond acceptors (Lipinski definition) is 5. The molecule has 0 bridgehead atoms. The zero-order valence-corrected chi connectivity index (χ0v) is 21.7. The lowest BCUT2D eigenvalue weighted by molar-refractivity contribution is -0.172. The lowest BCUT2D eigenvalue weighted by atomic mass is 9.90. The van der Waals surface area contributed by atoms with E-state index in [4.69, 9.17) is 23.2 Å². The zero-order chi connectivity index (χ0) is 25.7. The van der Waals surface area contributed by atoms with Gasteiger partial charge in [0, 0.05) is 44.8 Å². The van der Waals surface area contributed by atoms with Gasteiger partial charge in [0.2, 0.25) is 11.8 Å². The van der Waals surface area contributed by atoms with Crippen molar-refractivity contribution in [3.63, 3.8) is 0 Å². The normalized spacial score (nSPS) is 26.5. The topological polar surface area (TPSA) is 67.3 Å². The molecule has 1 saturated carbocycles. The molecular weight excluding hydrogens is 513 g/mol. The third-order valence-electron chi connectivity index (χ3n) is 8.29. The minimum Gasteiger partial charge on any atom is -0.391 e. The van der Waals surface area contributed by atoms with E-state index in [9.17, 15) is 23.5 Å². The number of piperidine rings is 1. The second-order valence-electron chi connectivity index (χ2n) is 10.7. The highest BCUT2D eigenvalue weighted by atomic mass is 35.5. The van der Waals surface area contributed by atoms with Gasteiger partial charge in [0.05, 0.1) is 29.2 Å². The number of halogens is 4. The molecule has 5 rings (SSSR count). The number of nitrogens with zero attached hydrogens (tertiary/aromatic N) is 4. The average molecular weight is 545 g/mol. The molecule has 36 heavy (non-hydrogen) atoms. The van der Waals surface area contributed by atoms with Gasteiger partial charge >= 0.3 is 0 Å². The van der Waals surface area contributed by atoms with Gasteiger partial charge < -0.3 is 24.7 Å². The molecule has 0 radical (unpaired) electrons. The van der Waals surface area contributed by atoms with E-state index < -0.39 is 31.0 Å². The van der Waals surface area contributed by atoms with E-state index in [1.165, 1.54) is 0 Å². The zero-order valence-electron chi connectivity index (χ0n) is 20.1. The predicted molar refractivity (Wildman–Crippen MR) is 134 cm³/mol. The van der Waals surface area contributed by atoms with Crippen LogP contribution in [0.25, 0.3) is 0 Å². The van der Waals surface area contributed by atoms with Crippen molar-refractivity contribution in [2.24, 2.45) is 5.41 Å². The number of carbonyl (C=O) groups excluding carboxylic acids is 2. The minimum absolute atomic E-state index is 0.0731. The molecule has 7 nitrogen and oxygen atoms in total. The first kappa shape index (κ1) is 25.9. The molecule has 2 atom stereocenters. The van der Waals surface area contributed by atoms with E-state index >= 15 is 0 Å². The first-order valence-corrected chi connectivity index (χ1v) is 13.4. The van der Waals surface area contributed by atoms with Crippen LogP contribution in [0.4, 0.5) is 14.5 Å². The van der Waals surface area contributed by atoms with Crippen LogP contribution in [0.15, 0.2) is 18.2 Å². The Morgan fingerprint density at radius 1 is 1.08 bits per heavy atom. The summed E-state index contributed by atoms with van der Waals surface area (Å²) in [5.74, 6) is -3.46. The molecule has 1 aliphatic carbocycles. The lowest BCUT2D eigenvalue weighted by Crippen LogP contribution is -2.63. The highest BCUT2D eigenvalue weighted by Crippen LogP contribution is 2.53. The molecule has 0 aromatic heterocycles. The molecule has 1 aromatic carbocycles. The quantitative estimate of drug-likeness (QED) is 0.596. The fraction of sp³-hybridized carbons (Fsp3) is 0.680. The predicted octanol–water partition coefficient (Wildman–Crippen LogP) is 3.12. The maximum Gasteiger partial charge on any atom is 0.282 e. The Hall–Kier alpha value is -1.68. The summed E-state index contributed by atoms with van der Waals surface area (Å²) in [6, 6.07) is 4.49. The Labute approximate surface area is 219 Å². The monoisotopic (exact) mass is 544 g/mol. The fourth-order valence-corrected chi connectivity index (χ4v) is 6.02. The van der Waals surface area contributed by atoms with Gasteiger partial charge in [-0.05, 0) is 55.8 Å².